The van der Waals surface area contributed by atoms with Crippen molar-refractivity contribution in [2.24, 2.45) is 5.92 Å². The summed E-state index contributed by atoms with van der Waals surface area (Å²) in [4.78, 5) is 16.2. The molecule has 0 unspecified atom stereocenters. The Labute approximate surface area is 116 Å². The molecule has 0 radical (unpaired) electrons. The van der Waals surface area contributed by atoms with E-state index < -0.39 is 0 Å². The van der Waals surface area contributed by atoms with Gasteiger partial charge in [0, 0.05) is 32.8 Å². The van der Waals surface area contributed by atoms with E-state index in [0.29, 0.717) is 6.54 Å². The largest absolute Gasteiger partial charge is 0.380 e. The minimum absolute atomic E-state index is 0.244. The van der Waals surface area contributed by atoms with Crippen molar-refractivity contribution >= 4 is 5.91 Å². The molecule has 5 heteroatoms. The van der Waals surface area contributed by atoms with E-state index in [4.69, 9.17) is 4.74 Å². The van der Waals surface area contributed by atoms with Crippen molar-refractivity contribution in [2.45, 2.75) is 19.3 Å². The molecular weight excluding hydrogens is 242 g/mol. The van der Waals surface area contributed by atoms with Crippen molar-refractivity contribution in [2.75, 3.05) is 59.5 Å². The van der Waals surface area contributed by atoms with Gasteiger partial charge in [0.15, 0.2) is 0 Å². The Kier molecular flexibility index (Phi) is 6.07. The van der Waals surface area contributed by atoms with E-state index in [1.807, 2.05) is 11.9 Å². The molecule has 0 bridgehead atoms. The number of likely N-dealkylation sites (N-methyl/N-ethyl adjacent to an activating group) is 1. The average molecular weight is 269 g/mol. The summed E-state index contributed by atoms with van der Waals surface area (Å²) >= 11 is 0. The Morgan fingerprint density at radius 1 is 1.37 bits per heavy atom. The van der Waals surface area contributed by atoms with Crippen LogP contribution in [0.25, 0.3) is 0 Å². The van der Waals surface area contributed by atoms with Crippen LogP contribution in [-0.4, -0.2) is 75.2 Å². The lowest BCUT2D eigenvalue weighted by atomic mass is 10.3. The Morgan fingerprint density at radius 3 is 3.00 bits per heavy atom. The molecule has 1 amide bonds. The summed E-state index contributed by atoms with van der Waals surface area (Å²) < 4.78 is 5.60. The predicted octanol–water partition coefficient (Wildman–Crippen LogP) is 0.167. The van der Waals surface area contributed by atoms with E-state index in [0.717, 1.165) is 58.3 Å². The first-order valence-corrected chi connectivity index (χ1v) is 7.50. The first kappa shape index (κ1) is 14.8. The summed E-state index contributed by atoms with van der Waals surface area (Å²) in [5.41, 5.74) is 0. The third kappa shape index (κ3) is 5.89. The summed E-state index contributed by atoms with van der Waals surface area (Å²) in [5, 5.41) is 3.32. The number of carbonyl (C=O) groups excluding carboxylic acids is 1. The third-order valence-electron chi connectivity index (χ3n) is 3.77. The Hall–Kier alpha value is -0.650. The van der Waals surface area contributed by atoms with Crippen LogP contribution in [0.4, 0.5) is 0 Å². The highest BCUT2D eigenvalue weighted by molar-refractivity contribution is 5.78. The minimum atomic E-state index is 0.244. The highest BCUT2D eigenvalue weighted by Gasteiger charge is 2.21. The maximum absolute atomic E-state index is 12.1. The Morgan fingerprint density at radius 2 is 2.21 bits per heavy atom. The zero-order valence-corrected chi connectivity index (χ0v) is 12.1. The van der Waals surface area contributed by atoms with Gasteiger partial charge in [-0.1, -0.05) is 0 Å². The predicted molar refractivity (Wildman–Crippen MR) is 75.1 cm³/mol. The monoisotopic (exact) mass is 269 g/mol. The van der Waals surface area contributed by atoms with Gasteiger partial charge in [-0.25, -0.2) is 0 Å². The molecule has 0 atom stereocenters. The van der Waals surface area contributed by atoms with E-state index in [1.165, 1.54) is 12.8 Å². The number of rotatable bonds is 7. The molecular formula is C14H27N3O2. The molecule has 19 heavy (non-hydrogen) atoms. The molecule has 1 aliphatic heterocycles. The minimum Gasteiger partial charge on any atom is -0.380 e. The van der Waals surface area contributed by atoms with Crippen molar-refractivity contribution in [1.82, 2.24) is 15.1 Å². The van der Waals surface area contributed by atoms with Gasteiger partial charge in [-0.3, -0.25) is 9.69 Å². The number of nitrogens with one attached hydrogen (secondary N) is 1. The number of hydrogen-bond donors (Lipinski definition) is 1. The van der Waals surface area contributed by atoms with E-state index in [1.54, 1.807) is 0 Å². The quantitative estimate of drug-likeness (QED) is 0.669. The molecule has 2 aliphatic rings. The van der Waals surface area contributed by atoms with Crippen molar-refractivity contribution in [3.63, 3.8) is 0 Å². The number of amides is 1. The molecule has 1 aliphatic carbocycles. The SMILES string of the molecule is CN(CCOCC1CC1)CC(=O)N1CCCNCC1. The maximum atomic E-state index is 12.1. The summed E-state index contributed by atoms with van der Waals surface area (Å²) in [6.07, 6.45) is 3.72. The topological polar surface area (TPSA) is 44.8 Å². The van der Waals surface area contributed by atoms with Crippen LogP contribution in [0.5, 0.6) is 0 Å². The summed E-state index contributed by atoms with van der Waals surface area (Å²) in [7, 11) is 1.99. The number of nitrogens with zero attached hydrogens (tertiary/aromatic N) is 2. The molecule has 0 spiro atoms. The lowest BCUT2D eigenvalue weighted by Crippen LogP contribution is -2.41. The summed E-state index contributed by atoms with van der Waals surface area (Å²) in [6.45, 7) is 6.65. The first-order valence-electron chi connectivity index (χ1n) is 7.50. The average Bonchev–Trinajstić information content (AvgIpc) is 3.21. The van der Waals surface area contributed by atoms with Crippen LogP contribution in [-0.2, 0) is 9.53 Å². The van der Waals surface area contributed by atoms with Crippen LogP contribution in [0, 0.1) is 5.92 Å². The van der Waals surface area contributed by atoms with Crippen LogP contribution in [0.3, 0.4) is 0 Å². The van der Waals surface area contributed by atoms with E-state index in [9.17, 15) is 4.79 Å². The normalized spacial score (nSPS) is 20.6. The fraction of sp³-hybridized carbons (Fsp3) is 0.929. The molecule has 0 aromatic carbocycles. The van der Waals surface area contributed by atoms with Crippen LogP contribution < -0.4 is 5.32 Å². The highest BCUT2D eigenvalue weighted by Crippen LogP contribution is 2.28. The fourth-order valence-corrected chi connectivity index (χ4v) is 2.26. The van der Waals surface area contributed by atoms with Crippen molar-refractivity contribution in [1.29, 1.82) is 0 Å². The van der Waals surface area contributed by atoms with Gasteiger partial charge in [-0.05, 0) is 38.8 Å². The molecule has 2 fully saturated rings. The van der Waals surface area contributed by atoms with Gasteiger partial charge in [0.05, 0.1) is 13.2 Å². The van der Waals surface area contributed by atoms with Crippen LogP contribution >= 0.6 is 0 Å². The molecule has 1 saturated heterocycles. The van der Waals surface area contributed by atoms with Gasteiger partial charge >= 0.3 is 0 Å². The first-order chi connectivity index (χ1) is 9.25. The molecule has 0 aromatic rings. The smallest absolute Gasteiger partial charge is 0.236 e. The second kappa shape index (κ2) is 7.82. The van der Waals surface area contributed by atoms with Gasteiger partial charge in [0.2, 0.25) is 5.91 Å². The standard InChI is InChI=1S/C14H27N3O2/c1-16(9-10-19-12-13-3-4-13)11-14(18)17-7-2-5-15-6-8-17/h13,15H,2-12H2,1H3. The highest BCUT2D eigenvalue weighted by atomic mass is 16.5. The second-order valence-corrected chi connectivity index (χ2v) is 5.74. The molecule has 110 valence electrons. The second-order valence-electron chi connectivity index (χ2n) is 5.74. The molecule has 1 N–H and O–H groups in total. The molecule has 2 rings (SSSR count). The van der Waals surface area contributed by atoms with Crippen LogP contribution in [0.2, 0.25) is 0 Å². The van der Waals surface area contributed by atoms with Gasteiger partial charge in [0.1, 0.15) is 0 Å². The van der Waals surface area contributed by atoms with E-state index in [2.05, 4.69) is 10.2 Å². The molecule has 5 nitrogen and oxygen atoms in total. The third-order valence-corrected chi connectivity index (χ3v) is 3.77. The lowest BCUT2D eigenvalue weighted by Gasteiger charge is -2.23. The Balaban J connectivity index is 1.56. The van der Waals surface area contributed by atoms with Gasteiger partial charge < -0.3 is 15.0 Å². The summed E-state index contributed by atoms with van der Waals surface area (Å²) in [6, 6.07) is 0. The Bertz CT molecular complexity index is 274. The van der Waals surface area contributed by atoms with Crippen LogP contribution in [0.15, 0.2) is 0 Å². The van der Waals surface area contributed by atoms with E-state index in [-0.39, 0.29) is 5.91 Å². The zero-order chi connectivity index (χ0) is 13.5. The van der Waals surface area contributed by atoms with Gasteiger partial charge in [-0.15, -0.1) is 0 Å². The van der Waals surface area contributed by atoms with Crippen LogP contribution in [0.1, 0.15) is 19.3 Å². The zero-order valence-electron chi connectivity index (χ0n) is 12.1. The number of hydrogen-bond acceptors (Lipinski definition) is 4. The number of ether oxygens (including phenoxy) is 1. The van der Waals surface area contributed by atoms with E-state index >= 15 is 0 Å². The molecule has 1 saturated carbocycles. The maximum Gasteiger partial charge on any atom is 0.236 e. The fourth-order valence-electron chi connectivity index (χ4n) is 2.26. The number of carbonyl (C=O) groups is 1. The summed E-state index contributed by atoms with van der Waals surface area (Å²) in [5.74, 6) is 1.06. The van der Waals surface area contributed by atoms with Crippen molar-refractivity contribution < 1.29 is 9.53 Å². The van der Waals surface area contributed by atoms with Crippen molar-refractivity contribution in [3.05, 3.63) is 0 Å². The molecule has 0 aromatic heterocycles. The van der Waals surface area contributed by atoms with Crippen molar-refractivity contribution in [3.8, 4) is 0 Å². The molecule has 1 heterocycles. The lowest BCUT2D eigenvalue weighted by molar-refractivity contribution is -0.132. The van der Waals surface area contributed by atoms with Gasteiger partial charge in [-0.2, -0.15) is 0 Å². The van der Waals surface area contributed by atoms with Gasteiger partial charge in [0.25, 0.3) is 0 Å².